The molecule has 3 atom stereocenters. The molecule has 0 aromatic carbocycles. The van der Waals surface area contributed by atoms with Gasteiger partial charge in [0, 0.05) is 0 Å². The molecule has 0 spiro atoms. The number of carboxylic acid groups (broad SMARTS) is 2. The summed E-state index contributed by atoms with van der Waals surface area (Å²) in [5, 5.41) is 32.5. The third-order valence-electron chi connectivity index (χ3n) is 1.46. The van der Waals surface area contributed by atoms with E-state index in [2.05, 4.69) is 5.92 Å². The van der Waals surface area contributed by atoms with Crippen molar-refractivity contribution in [1.29, 1.82) is 0 Å². The van der Waals surface area contributed by atoms with Gasteiger partial charge >= 0.3 is 11.9 Å². The Balaban J connectivity index is 0. The molecule has 0 saturated carbocycles. The Morgan fingerprint density at radius 1 is 1.25 bits per heavy atom. The SMILES string of the molecule is C#C[C@@H](N)CC.O=C(O)[C@H](O)[C@@H](O)C(=O)O. The highest BCUT2D eigenvalue weighted by atomic mass is 16.4. The molecule has 0 aliphatic rings. The van der Waals surface area contributed by atoms with Crippen molar-refractivity contribution in [3.8, 4) is 12.3 Å². The van der Waals surface area contributed by atoms with Crippen molar-refractivity contribution in [3.63, 3.8) is 0 Å². The number of rotatable bonds is 4. The molecule has 0 saturated heterocycles. The molecular formula is C9H15NO6. The maximum absolute atomic E-state index is 9.77. The van der Waals surface area contributed by atoms with Gasteiger partial charge in [0.2, 0.25) is 0 Å². The fraction of sp³-hybridized carbons (Fsp3) is 0.556. The van der Waals surface area contributed by atoms with Gasteiger partial charge in [-0.15, -0.1) is 6.42 Å². The van der Waals surface area contributed by atoms with Crippen LogP contribution in [0.15, 0.2) is 0 Å². The van der Waals surface area contributed by atoms with Crippen molar-refractivity contribution in [3.05, 3.63) is 0 Å². The number of hydrogen-bond acceptors (Lipinski definition) is 5. The van der Waals surface area contributed by atoms with E-state index in [1.807, 2.05) is 6.92 Å². The van der Waals surface area contributed by atoms with E-state index in [-0.39, 0.29) is 6.04 Å². The van der Waals surface area contributed by atoms with Gasteiger partial charge in [0.05, 0.1) is 6.04 Å². The third-order valence-corrected chi connectivity index (χ3v) is 1.46. The van der Waals surface area contributed by atoms with Crippen LogP contribution in [-0.4, -0.2) is 50.6 Å². The van der Waals surface area contributed by atoms with Gasteiger partial charge in [-0.05, 0) is 6.42 Å². The van der Waals surface area contributed by atoms with Crippen LogP contribution in [0.4, 0.5) is 0 Å². The van der Waals surface area contributed by atoms with Gasteiger partial charge in [0.25, 0.3) is 0 Å². The molecule has 0 rings (SSSR count). The molecule has 0 amide bonds. The predicted octanol–water partition coefficient (Wildman–Crippen LogP) is -1.77. The molecule has 0 bridgehead atoms. The summed E-state index contributed by atoms with van der Waals surface area (Å²) < 4.78 is 0. The summed E-state index contributed by atoms with van der Waals surface area (Å²) in [6.07, 6.45) is 1.25. The Bertz CT molecular complexity index is 254. The highest BCUT2D eigenvalue weighted by Crippen LogP contribution is 1.92. The molecule has 16 heavy (non-hydrogen) atoms. The molecular weight excluding hydrogens is 218 g/mol. The zero-order valence-corrected chi connectivity index (χ0v) is 8.70. The van der Waals surface area contributed by atoms with Crippen molar-refractivity contribution < 1.29 is 30.0 Å². The number of nitrogens with two attached hydrogens (primary N) is 1. The minimum Gasteiger partial charge on any atom is -0.479 e. The highest BCUT2D eigenvalue weighted by molar-refractivity contribution is 5.83. The van der Waals surface area contributed by atoms with Crippen LogP contribution < -0.4 is 5.73 Å². The van der Waals surface area contributed by atoms with Gasteiger partial charge in [-0.1, -0.05) is 12.8 Å². The lowest BCUT2D eigenvalue weighted by molar-refractivity contribution is -0.165. The van der Waals surface area contributed by atoms with E-state index in [9.17, 15) is 9.59 Å². The highest BCUT2D eigenvalue weighted by Gasteiger charge is 2.29. The summed E-state index contributed by atoms with van der Waals surface area (Å²) in [5.41, 5.74) is 5.24. The van der Waals surface area contributed by atoms with Crippen LogP contribution in [0, 0.1) is 12.3 Å². The minimum atomic E-state index is -2.27. The second-order valence-corrected chi connectivity index (χ2v) is 2.75. The summed E-state index contributed by atoms with van der Waals surface area (Å²) >= 11 is 0. The first-order valence-corrected chi connectivity index (χ1v) is 4.31. The first-order chi connectivity index (χ1) is 7.27. The van der Waals surface area contributed by atoms with E-state index in [1.54, 1.807) is 0 Å². The predicted molar refractivity (Wildman–Crippen MR) is 54.4 cm³/mol. The molecule has 0 aliphatic heterocycles. The van der Waals surface area contributed by atoms with Crippen molar-refractivity contribution in [2.75, 3.05) is 0 Å². The second kappa shape index (κ2) is 8.67. The molecule has 0 aromatic rings. The summed E-state index contributed by atoms with van der Waals surface area (Å²) in [6.45, 7) is 1.96. The van der Waals surface area contributed by atoms with Crippen molar-refractivity contribution in [1.82, 2.24) is 0 Å². The van der Waals surface area contributed by atoms with Crippen LogP contribution in [0.1, 0.15) is 13.3 Å². The first kappa shape index (κ1) is 16.8. The Morgan fingerprint density at radius 2 is 1.56 bits per heavy atom. The van der Waals surface area contributed by atoms with Crippen molar-refractivity contribution >= 4 is 11.9 Å². The third kappa shape index (κ3) is 7.75. The van der Waals surface area contributed by atoms with Gasteiger partial charge in [0.15, 0.2) is 12.2 Å². The normalized spacial score (nSPS) is 14.7. The molecule has 6 N–H and O–H groups in total. The Kier molecular flexibility index (Phi) is 9.10. The molecule has 7 nitrogen and oxygen atoms in total. The van der Waals surface area contributed by atoms with Gasteiger partial charge in [-0.3, -0.25) is 0 Å². The first-order valence-electron chi connectivity index (χ1n) is 4.31. The van der Waals surface area contributed by atoms with Crippen molar-refractivity contribution in [2.45, 2.75) is 31.6 Å². The molecule has 92 valence electrons. The fourth-order valence-corrected chi connectivity index (χ4v) is 0.388. The van der Waals surface area contributed by atoms with Gasteiger partial charge in [-0.25, -0.2) is 9.59 Å². The van der Waals surface area contributed by atoms with E-state index >= 15 is 0 Å². The van der Waals surface area contributed by atoms with Crippen LogP contribution in [0.25, 0.3) is 0 Å². The van der Waals surface area contributed by atoms with Crippen LogP contribution >= 0.6 is 0 Å². The number of terminal acetylenes is 1. The van der Waals surface area contributed by atoms with Crippen LogP contribution in [-0.2, 0) is 9.59 Å². The van der Waals surface area contributed by atoms with Gasteiger partial charge < -0.3 is 26.2 Å². The maximum atomic E-state index is 9.77. The molecule has 0 radical (unpaired) electrons. The molecule has 0 fully saturated rings. The quantitative estimate of drug-likeness (QED) is 0.362. The van der Waals surface area contributed by atoms with Crippen molar-refractivity contribution in [2.24, 2.45) is 5.73 Å². The minimum absolute atomic E-state index is 0.0370. The summed E-state index contributed by atoms with van der Waals surface area (Å²) in [6, 6.07) is -0.0370. The van der Waals surface area contributed by atoms with E-state index in [0.29, 0.717) is 0 Å². The Morgan fingerprint density at radius 3 is 1.62 bits per heavy atom. The summed E-state index contributed by atoms with van der Waals surface area (Å²) in [7, 11) is 0. The smallest absolute Gasteiger partial charge is 0.335 e. The van der Waals surface area contributed by atoms with E-state index in [4.69, 9.17) is 32.6 Å². The molecule has 7 heteroatoms. The monoisotopic (exact) mass is 233 g/mol. The van der Waals surface area contributed by atoms with Crippen LogP contribution in [0.3, 0.4) is 0 Å². The molecule has 0 unspecified atom stereocenters. The Labute approximate surface area is 92.5 Å². The summed E-state index contributed by atoms with van der Waals surface area (Å²) in [5.74, 6) is -1.14. The van der Waals surface area contributed by atoms with E-state index < -0.39 is 24.1 Å². The average molecular weight is 233 g/mol. The largest absolute Gasteiger partial charge is 0.479 e. The number of hydrogen-bond donors (Lipinski definition) is 5. The maximum Gasteiger partial charge on any atom is 0.335 e. The number of carboxylic acids is 2. The number of carbonyl (C=O) groups is 2. The number of aliphatic hydroxyl groups excluding tert-OH is 2. The fourth-order valence-electron chi connectivity index (χ4n) is 0.388. The molecule has 0 aromatic heterocycles. The zero-order valence-electron chi connectivity index (χ0n) is 8.70. The number of aliphatic hydroxyl groups is 2. The lowest BCUT2D eigenvalue weighted by Gasteiger charge is -2.07. The van der Waals surface area contributed by atoms with Gasteiger partial charge in [-0.2, -0.15) is 0 Å². The lowest BCUT2D eigenvalue weighted by Crippen LogP contribution is -2.39. The molecule has 0 heterocycles. The van der Waals surface area contributed by atoms with Gasteiger partial charge in [0.1, 0.15) is 0 Å². The van der Waals surface area contributed by atoms with Crippen LogP contribution in [0.2, 0.25) is 0 Å². The van der Waals surface area contributed by atoms with E-state index in [0.717, 1.165) is 6.42 Å². The summed E-state index contributed by atoms with van der Waals surface area (Å²) in [4.78, 5) is 19.5. The lowest BCUT2D eigenvalue weighted by atomic mass is 10.2. The van der Waals surface area contributed by atoms with Crippen LogP contribution in [0.5, 0.6) is 0 Å². The zero-order chi connectivity index (χ0) is 13.3. The standard InChI is InChI=1S/C5H9N.C4H6O6/c1-3-5(6)4-2;5-1(3(7)8)2(6)4(9)10/h1,5H,4,6H2,2H3;1-2,5-6H,(H,7,8)(H,9,10)/t5-;1-,2-/m11/s1. The Hall–Kier alpha value is -1.62. The molecule has 0 aliphatic carbocycles. The topological polar surface area (TPSA) is 141 Å². The number of aliphatic carboxylic acids is 2. The average Bonchev–Trinajstić information content (AvgIpc) is 2.26. The van der Waals surface area contributed by atoms with E-state index in [1.165, 1.54) is 0 Å². The second-order valence-electron chi connectivity index (χ2n) is 2.75.